The smallest absolute Gasteiger partial charge is 0.226 e. The average Bonchev–Trinajstić information content (AvgIpc) is 2.95. The van der Waals surface area contributed by atoms with E-state index in [-0.39, 0.29) is 5.60 Å². The van der Waals surface area contributed by atoms with Crippen LogP contribution in [0.3, 0.4) is 0 Å². The van der Waals surface area contributed by atoms with E-state index in [1.54, 1.807) is 7.11 Å². The Hall–Kier alpha value is -0.610. The zero-order valence-corrected chi connectivity index (χ0v) is 10.3. The summed E-state index contributed by atoms with van der Waals surface area (Å²) in [6.07, 6.45) is 5.91. The second-order valence-corrected chi connectivity index (χ2v) is 4.59. The van der Waals surface area contributed by atoms with Gasteiger partial charge in [0.2, 0.25) is 11.7 Å². The molecule has 1 aromatic heterocycles. The first-order valence-electron chi connectivity index (χ1n) is 5.75. The van der Waals surface area contributed by atoms with Crippen molar-refractivity contribution in [2.75, 3.05) is 13.0 Å². The van der Waals surface area contributed by atoms with Crippen LogP contribution in [0.5, 0.6) is 0 Å². The molecule has 90 valence electrons. The van der Waals surface area contributed by atoms with Gasteiger partial charge in [0.15, 0.2) is 0 Å². The van der Waals surface area contributed by atoms with E-state index in [2.05, 4.69) is 10.1 Å². The molecule has 2 rings (SSSR count). The third-order valence-corrected chi connectivity index (χ3v) is 3.47. The molecule has 0 radical (unpaired) electrons. The van der Waals surface area contributed by atoms with E-state index < -0.39 is 0 Å². The average molecular weight is 245 g/mol. The topological polar surface area (TPSA) is 48.2 Å². The van der Waals surface area contributed by atoms with Crippen molar-refractivity contribution in [2.45, 2.75) is 44.1 Å². The third-order valence-electron chi connectivity index (χ3n) is 3.20. The van der Waals surface area contributed by atoms with Gasteiger partial charge in [0.05, 0.1) is 0 Å². The highest BCUT2D eigenvalue weighted by Gasteiger charge is 2.40. The molecule has 1 saturated carbocycles. The van der Waals surface area contributed by atoms with Crippen LogP contribution in [0.15, 0.2) is 4.52 Å². The molecule has 4 nitrogen and oxygen atoms in total. The van der Waals surface area contributed by atoms with Gasteiger partial charge in [-0.15, -0.1) is 11.6 Å². The molecule has 0 unspecified atom stereocenters. The minimum Gasteiger partial charge on any atom is -0.370 e. The molecule has 0 N–H and O–H groups in total. The summed E-state index contributed by atoms with van der Waals surface area (Å²) in [5.41, 5.74) is -0.303. The van der Waals surface area contributed by atoms with Crippen LogP contribution in [0.4, 0.5) is 0 Å². The van der Waals surface area contributed by atoms with Crippen molar-refractivity contribution in [1.82, 2.24) is 10.1 Å². The molecular formula is C11H17ClN2O2. The largest absolute Gasteiger partial charge is 0.370 e. The van der Waals surface area contributed by atoms with Gasteiger partial charge < -0.3 is 9.26 Å². The summed E-state index contributed by atoms with van der Waals surface area (Å²) in [6, 6.07) is 0. The summed E-state index contributed by atoms with van der Waals surface area (Å²) in [5.74, 6) is 1.99. The number of hydrogen-bond acceptors (Lipinski definition) is 4. The minimum absolute atomic E-state index is 0.303. The number of rotatable bonds is 5. The van der Waals surface area contributed by atoms with Crippen LogP contribution in [0.2, 0.25) is 0 Å². The molecule has 0 aromatic carbocycles. The van der Waals surface area contributed by atoms with Gasteiger partial charge in [-0.2, -0.15) is 4.98 Å². The fraction of sp³-hybridized carbons (Fsp3) is 0.818. The van der Waals surface area contributed by atoms with Crippen LogP contribution in [-0.4, -0.2) is 23.1 Å². The van der Waals surface area contributed by atoms with Crippen molar-refractivity contribution >= 4 is 11.6 Å². The molecule has 0 spiro atoms. The standard InChI is InChI=1S/C11H17ClN2O2/c1-15-11(6-2-3-7-11)10-13-9(16-14-10)5-4-8-12/h2-8H2,1H3. The summed E-state index contributed by atoms with van der Waals surface area (Å²) in [4.78, 5) is 4.41. The predicted octanol–water partition coefficient (Wildman–Crippen LogP) is 2.66. The highest BCUT2D eigenvalue weighted by molar-refractivity contribution is 6.17. The first-order valence-corrected chi connectivity index (χ1v) is 6.28. The van der Waals surface area contributed by atoms with E-state index in [4.69, 9.17) is 20.9 Å². The number of halogens is 1. The second-order valence-electron chi connectivity index (χ2n) is 4.21. The van der Waals surface area contributed by atoms with E-state index in [1.807, 2.05) is 0 Å². The van der Waals surface area contributed by atoms with E-state index in [0.717, 1.165) is 25.7 Å². The molecule has 1 aliphatic rings. The lowest BCUT2D eigenvalue weighted by atomic mass is 10.0. The maximum absolute atomic E-state index is 5.63. The third kappa shape index (κ3) is 2.23. The fourth-order valence-electron chi connectivity index (χ4n) is 2.22. The lowest BCUT2D eigenvalue weighted by molar-refractivity contribution is -0.0178. The normalized spacial score (nSPS) is 19.1. The van der Waals surface area contributed by atoms with Gasteiger partial charge in [0, 0.05) is 19.4 Å². The van der Waals surface area contributed by atoms with Gasteiger partial charge in [-0.05, 0) is 32.1 Å². The van der Waals surface area contributed by atoms with E-state index in [9.17, 15) is 0 Å². The van der Waals surface area contributed by atoms with Crippen LogP contribution >= 0.6 is 11.6 Å². The molecule has 5 heteroatoms. The van der Waals surface area contributed by atoms with Crippen molar-refractivity contribution in [2.24, 2.45) is 0 Å². The molecule has 1 heterocycles. The van der Waals surface area contributed by atoms with Crippen LogP contribution in [0.25, 0.3) is 0 Å². The summed E-state index contributed by atoms with van der Waals surface area (Å²) in [5, 5.41) is 4.04. The van der Waals surface area contributed by atoms with E-state index in [0.29, 0.717) is 17.6 Å². The number of nitrogens with zero attached hydrogens (tertiary/aromatic N) is 2. The Morgan fingerprint density at radius 2 is 2.19 bits per heavy atom. The summed E-state index contributed by atoms with van der Waals surface area (Å²) in [6.45, 7) is 0. The Bertz CT molecular complexity index is 334. The second kappa shape index (κ2) is 5.15. The minimum atomic E-state index is -0.303. The number of hydrogen-bond donors (Lipinski definition) is 0. The molecular weight excluding hydrogens is 228 g/mol. The predicted molar refractivity (Wildman–Crippen MR) is 60.5 cm³/mol. The van der Waals surface area contributed by atoms with Crippen LogP contribution < -0.4 is 0 Å². The van der Waals surface area contributed by atoms with Gasteiger partial charge in [-0.3, -0.25) is 0 Å². The number of aryl methyl sites for hydroxylation is 1. The van der Waals surface area contributed by atoms with Gasteiger partial charge in [0.1, 0.15) is 5.60 Å². The quantitative estimate of drug-likeness (QED) is 0.748. The molecule has 0 amide bonds. The zero-order chi connectivity index (χ0) is 11.4. The Labute approximate surface area is 100 Å². The number of aromatic nitrogens is 2. The summed E-state index contributed by atoms with van der Waals surface area (Å²) >= 11 is 5.63. The van der Waals surface area contributed by atoms with E-state index >= 15 is 0 Å². The molecule has 0 saturated heterocycles. The van der Waals surface area contributed by atoms with Gasteiger partial charge in [-0.25, -0.2) is 0 Å². The van der Waals surface area contributed by atoms with Crippen molar-refractivity contribution in [1.29, 1.82) is 0 Å². The van der Waals surface area contributed by atoms with Gasteiger partial charge in [-0.1, -0.05) is 5.16 Å². The lowest BCUT2D eigenvalue weighted by Crippen LogP contribution is -2.26. The highest BCUT2D eigenvalue weighted by Crippen LogP contribution is 2.40. The summed E-state index contributed by atoms with van der Waals surface area (Å²) < 4.78 is 10.8. The van der Waals surface area contributed by atoms with Gasteiger partial charge in [0.25, 0.3) is 0 Å². The maximum atomic E-state index is 5.63. The molecule has 0 aliphatic heterocycles. The van der Waals surface area contributed by atoms with Crippen molar-refractivity contribution < 1.29 is 9.26 Å². The number of alkyl halides is 1. The number of methoxy groups -OCH3 is 1. The lowest BCUT2D eigenvalue weighted by Gasteiger charge is -2.22. The Morgan fingerprint density at radius 3 is 2.81 bits per heavy atom. The van der Waals surface area contributed by atoms with Gasteiger partial charge >= 0.3 is 0 Å². The fourth-order valence-corrected chi connectivity index (χ4v) is 2.36. The van der Waals surface area contributed by atoms with E-state index in [1.165, 1.54) is 12.8 Å². The Balaban J connectivity index is 2.10. The van der Waals surface area contributed by atoms with Crippen molar-refractivity contribution in [3.8, 4) is 0 Å². The Kier molecular flexibility index (Phi) is 3.82. The highest BCUT2D eigenvalue weighted by atomic mass is 35.5. The zero-order valence-electron chi connectivity index (χ0n) is 9.54. The van der Waals surface area contributed by atoms with Crippen LogP contribution in [0, 0.1) is 0 Å². The van der Waals surface area contributed by atoms with Crippen molar-refractivity contribution in [3.05, 3.63) is 11.7 Å². The molecule has 1 aromatic rings. The summed E-state index contributed by atoms with van der Waals surface area (Å²) in [7, 11) is 1.72. The van der Waals surface area contributed by atoms with Crippen LogP contribution in [-0.2, 0) is 16.8 Å². The first-order chi connectivity index (χ1) is 7.80. The molecule has 16 heavy (non-hydrogen) atoms. The monoisotopic (exact) mass is 244 g/mol. The SMILES string of the molecule is COC1(c2noc(CCCCl)n2)CCCC1. The first kappa shape index (κ1) is 11.9. The molecule has 0 atom stereocenters. The van der Waals surface area contributed by atoms with Crippen LogP contribution in [0.1, 0.15) is 43.8 Å². The number of ether oxygens (including phenoxy) is 1. The molecule has 1 aliphatic carbocycles. The Morgan fingerprint density at radius 1 is 1.44 bits per heavy atom. The van der Waals surface area contributed by atoms with Crippen molar-refractivity contribution in [3.63, 3.8) is 0 Å². The molecule has 0 bridgehead atoms. The molecule has 1 fully saturated rings. The maximum Gasteiger partial charge on any atom is 0.226 e.